The number of halogens is 5. The van der Waals surface area contributed by atoms with Crippen molar-refractivity contribution in [3.05, 3.63) is 87.4 Å². The summed E-state index contributed by atoms with van der Waals surface area (Å²) in [5.74, 6) is -1.38. The van der Waals surface area contributed by atoms with E-state index in [4.69, 9.17) is 28.3 Å². The normalized spacial score (nSPS) is 10.9. The maximum Gasteiger partial charge on any atom is 0.416 e. The van der Waals surface area contributed by atoms with Gasteiger partial charge in [-0.3, -0.25) is 9.59 Å². The van der Waals surface area contributed by atoms with E-state index in [1.54, 1.807) is 0 Å². The third-order valence-electron chi connectivity index (χ3n) is 5.95. The van der Waals surface area contributed by atoms with Gasteiger partial charge in [-0.15, -0.1) is 0 Å². The minimum absolute atomic E-state index is 0.00782. The fourth-order valence-electron chi connectivity index (χ4n) is 3.96. The molecule has 0 radical (unpaired) electrons. The molecule has 6 N–H and O–H groups in total. The first kappa shape index (κ1) is 34.0. The Labute approximate surface area is 260 Å². The van der Waals surface area contributed by atoms with Crippen molar-refractivity contribution >= 4 is 64.2 Å². The standard InChI is InChI=1S/C29H28Cl2F3N5O5/c30-20-14-21(31)16-24(15-20)39-27(42)38-23-11-17(25(40)35-8-3-1-2-4-9-36-28(43)44)10-18(12-23)26(41)37-22-7-5-6-19(13-22)29(32,33)34/h5-7,10-16,36H,1-4,8-9H2,(H,35,40)(H,37,41)(H,43,44)(H2,38,39,42). The van der Waals surface area contributed by atoms with E-state index in [9.17, 15) is 32.3 Å². The molecule has 0 aliphatic rings. The van der Waals surface area contributed by atoms with E-state index in [1.165, 1.54) is 42.5 Å². The first-order chi connectivity index (χ1) is 20.8. The Balaban J connectivity index is 1.74. The molecule has 0 saturated carbocycles. The molecule has 10 nitrogen and oxygen atoms in total. The molecular weight excluding hydrogens is 626 g/mol. The predicted molar refractivity (Wildman–Crippen MR) is 162 cm³/mol. The summed E-state index contributed by atoms with van der Waals surface area (Å²) < 4.78 is 39.4. The lowest BCUT2D eigenvalue weighted by molar-refractivity contribution is -0.137. The van der Waals surface area contributed by atoms with Gasteiger partial charge in [0.05, 0.1) is 5.56 Å². The fraction of sp³-hybridized carbons (Fsp3) is 0.241. The van der Waals surface area contributed by atoms with E-state index in [0.29, 0.717) is 19.4 Å². The van der Waals surface area contributed by atoms with Crippen LogP contribution in [0.3, 0.4) is 0 Å². The van der Waals surface area contributed by atoms with Crippen molar-refractivity contribution < 1.29 is 37.5 Å². The monoisotopic (exact) mass is 653 g/mol. The van der Waals surface area contributed by atoms with Crippen LogP contribution >= 0.6 is 23.2 Å². The molecule has 3 aromatic carbocycles. The second kappa shape index (κ2) is 15.8. The van der Waals surface area contributed by atoms with Gasteiger partial charge >= 0.3 is 18.3 Å². The van der Waals surface area contributed by atoms with Crippen molar-refractivity contribution in [3.63, 3.8) is 0 Å². The molecule has 44 heavy (non-hydrogen) atoms. The maximum atomic E-state index is 13.1. The van der Waals surface area contributed by atoms with Crippen LogP contribution < -0.4 is 26.6 Å². The van der Waals surface area contributed by atoms with Gasteiger partial charge in [0.2, 0.25) is 0 Å². The van der Waals surface area contributed by atoms with Crippen LogP contribution in [0.1, 0.15) is 52.0 Å². The first-order valence-electron chi connectivity index (χ1n) is 13.2. The zero-order valence-corrected chi connectivity index (χ0v) is 24.5. The van der Waals surface area contributed by atoms with Crippen LogP contribution in [-0.2, 0) is 6.18 Å². The highest BCUT2D eigenvalue weighted by Crippen LogP contribution is 2.31. The summed E-state index contributed by atoms with van der Waals surface area (Å²) >= 11 is 11.9. The van der Waals surface area contributed by atoms with Gasteiger partial charge in [-0.1, -0.05) is 42.1 Å². The number of benzene rings is 3. The second-order valence-corrected chi connectivity index (χ2v) is 10.3. The molecule has 15 heteroatoms. The number of urea groups is 1. The van der Waals surface area contributed by atoms with E-state index in [2.05, 4.69) is 26.6 Å². The number of unbranched alkanes of at least 4 members (excludes halogenated alkanes) is 3. The van der Waals surface area contributed by atoms with Crippen LogP contribution in [0.15, 0.2) is 60.7 Å². The lowest BCUT2D eigenvalue weighted by Gasteiger charge is -2.13. The molecule has 0 bridgehead atoms. The van der Waals surface area contributed by atoms with Gasteiger partial charge < -0.3 is 31.7 Å². The average molecular weight is 654 g/mol. The Morgan fingerprint density at radius 1 is 0.659 bits per heavy atom. The molecule has 0 aliphatic heterocycles. The molecule has 3 rings (SSSR count). The van der Waals surface area contributed by atoms with Crippen molar-refractivity contribution in [2.75, 3.05) is 29.0 Å². The molecule has 0 unspecified atom stereocenters. The highest BCUT2D eigenvalue weighted by Gasteiger charge is 2.30. The third kappa shape index (κ3) is 11.3. The summed E-state index contributed by atoms with van der Waals surface area (Å²) in [6.45, 7) is 0.607. The summed E-state index contributed by atoms with van der Waals surface area (Å²) in [4.78, 5) is 49.2. The Morgan fingerprint density at radius 2 is 1.23 bits per heavy atom. The summed E-state index contributed by atoms with van der Waals surface area (Å²) in [6, 6.07) is 11.5. The number of hydrogen-bond acceptors (Lipinski definition) is 4. The van der Waals surface area contributed by atoms with Crippen molar-refractivity contribution in [2.45, 2.75) is 31.9 Å². The molecule has 0 atom stereocenters. The van der Waals surface area contributed by atoms with Gasteiger partial charge in [0, 0.05) is 51.3 Å². The molecule has 0 aliphatic carbocycles. The summed E-state index contributed by atoms with van der Waals surface area (Å²) in [5.41, 5.74) is -0.862. The molecule has 234 valence electrons. The predicted octanol–water partition coefficient (Wildman–Crippen LogP) is 7.47. The van der Waals surface area contributed by atoms with E-state index in [0.717, 1.165) is 31.0 Å². The van der Waals surface area contributed by atoms with Crippen LogP contribution in [0.5, 0.6) is 0 Å². The van der Waals surface area contributed by atoms with Crippen molar-refractivity contribution in [1.82, 2.24) is 10.6 Å². The van der Waals surface area contributed by atoms with E-state index >= 15 is 0 Å². The first-order valence-corrected chi connectivity index (χ1v) is 14.0. The smallest absolute Gasteiger partial charge is 0.416 e. The number of amides is 5. The summed E-state index contributed by atoms with van der Waals surface area (Å²) in [5, 5.41) is 21.6. The van der Waals surface area contributed by atoms with Crippen LogP contribution in [0.2, 0.25) is 10.0 Å². The Kier molecular flexibility index (Phi) is 12.2. The number of carbonyl (C=O) groups excluding carboxylic acids is 3. The van der Waals surface area contributed by atoms with Crippen molar-refractivity contribution in [2.24, 2.45) is 0 Å². The topological polar surface area (TPSA) is 149 Å². The van der Waals surface area contributed by atoms with Crippen LogP contribution in [0.4, 0.5) is 39.8 Å². The van der Waals surface area contributed by atoms with Crippen LogP contribution in [0.25, 0.3) is 0 Å². The van der Waals surface area contributed by atoms with E-state index in [-0.39, 0.29) is 44.8 Å². The van der Waals surface area contributed by atoms with Crippen LogP contribution in [-0.4, -0.2) is 42.1 Å². The number of nitrogens with one attached hydrogen (secondary N) is 5. The van der Waals surface area contributed by atoms with E-state index < -0.39 is 35.7 Å². The molecular formula is C29H28Cl2F3N5O5. The summed E-state index contributed by atoms with van der Waals surface area (Å²) in [7, 11) is 0. The largest absolute Gasteiger partial charge is 0.465 e. The molecule has 0 heterocycles. The average Bonchev–Trinajstić information content (AvgIpc) is 2.93. The number of carboxylic acid groups (broad SMARTS) is 1. The van der Waals surface area contributed by atoms with Crippen molar-refractivity contribution in [3.8, 4) is 0 Å². The minimum Gasteiger partial charge on any atom is -0.465 e. The minimum atomic E-state index is -4.62. The highest BCUT2D eigenvalue weighted by molar-refractivity contribution is 6.35. The van der Waals surface area contributed by atoms with E-state index in [1.807, 2.05) is 0 Å². The van der Waals surface area contributed by atoms with Gasteiger partial charge in [0.1, 0.15) is 0 Å². The zero-order chi connectivity index (χ0) is 32.3. The number of hydrogen-bond donors (Lipinski definition) is 6. The summed E-state index contributed by atoms with van der Waals surface area (Å²) in [6.07, 6.45) is -3.01. The SMILES string of the molecule is O=C(O)NCCCCCCNC(=O)c1cc(NC(=O)Nc2cc(Cl)cc(Cl)c2)cc(C(=O)Nc2cccc(C(F)(F)F)c2)c1. The second-order valence-electron chi connectivity index (χ2n) is 9.47. The van der Waals surface area contributed by atoms with Gasteiger partial charge in [-0.25, -0.2) is 9.59 Å². The fourth-order valence-corrected chi connectivity index (χ4v) is 4.49. The Hall–Kier alpha value is -4.49. The maximum absolute atomic E-state index is 13.1. The highest BCUT2D eigenvalue weighted by atomic mass is 35.5. The lowest BCUT2D eigenvalue weighted by atomic mass is 10.1. The number of carbonyl (C=O) groups is 4. The third-order valence-corrected chi connectivity index (χ3v) is 6.39. The lowest BCUT2D eigenvalue weighted by Crippen LogP contribution is -2.26. The number of rotatable bonds is 12. The molecule has 5 amide bonds. The molecule has 0 aromatic heterocycles. The van der Waals surface area contributed by atoms with Gasteiger partial charge in [0.15, 0.2) is 0 Å². The Morgan fingerprint density at radius 3 is 1.82 bits per heavy atom. The molecule has 0 fully saturated rings. The molecule has 0 spiro atoms. The quantitative estimate of drug-likeness (QED) is 0.112. The van der Waals surface area contributed by atoms with Gasteiger partial charge in [0.25, 0.3) is 11.8 Å². The van der Waals surface area contributed by atoms with Crippen LogP contribution in [0, 0.1) is 0 Å². The number of alkyl halides is 3. The Bertz CT molecular complexity index is 1500. The molecule has 3 aromatic rings. The van der Waals surface area contributed by atoms with Gasteiger partial charge in [-0.2, -0.15) is 13.2 Å². The zero-order valence-electron chi connectivity index (χ0n) is 23.0. The number of anilines is 3. The van der Waals surface area contributed by atoms with Gasteiger partial charge in [-0.05, 0) is 67.4 Å². The molecule has 0 saturated heterocycles. The van der Waals surface area contributed by atoms with Crippen molar-refractivity contribution in [1.29, 1.82) is 0 Å².